The normalized spacial score (nSPS) is 20.6. The molecular weight excluding hydrogens is 338 g/mol. The Balaban J connectivity index is 1.42. The maximum absolute atomic E-state index is 12.8. The van der Waals surface area contributed by atoms with Crippen LogP contribution in [0.4, 0.5) is 10.5 Å². The van der Waals surface area contributed by atoms with Gasteiger partial charge in [0.15, 0.2) is 0 Å². The molecule has 0 aliphatic carbocycles. The highest BCUT2D eigenvalue weighted by Crippen LogP contribution is 2.23. The number of rotatable bonds is 3. The third-order valence-electron chi connectivity index (χ3n) is 5.53. The van der Waals surface area contributed by atoms with Crippen molar-refractivity contribution in [3.05, 3.63) is 42.4 Å². The second-order valence-corrected chi connectivity index (χ2v) is 7.49. The molecular formula is C21H27N5O. The van der Waals surface area contributed by atoms with Gasteiger partial charge in [0, 0.05) is 36.6 Å². The number of piperidine rings is 1. The zero-order valence-corrected chi connectivity index (χ0v) is 15.9. The molecule has 4 rings (SSSR count). The molecule has 2 aliphatic heterocycles. The van der Waals surface area contributed by atoms with Crippen LogP contribution in [0.3, 0.4) is 0 Å². The van der Waals surface area contributed by atoms with Crippen LogP contribution in [0.5, 0.6) is 0 Å². The van der Waals surface area contributed by atoms with Crippen molar-refractivity contribution in [2.24, 2.45) is 0 Å². The molecule has 0 saturated carbocycles. The second-order valence-electron chi connectivity index (χ2n) is 7.49. The molecule has 1 atom stereocenters. The first-order valence-electron chi connectivity index (χ1n) is 9.89. The highest BCUT2D eigenvalue weighted by atomic mass is 16.2. The number of carbonyl (C=O) groups excluding carboxylic acids is 1. The maximum Gasteiger partial charge on any atom is 0.321 e. The number of hydrogen-bond acceptors (Lipinski definition) is 4. The lowest BCUT2D eigenvalue weighted by Gasteiger charge is -2.37. The molecule has 2 saturated heterocycles. The van der Waals surface area contributed by atoms with E-state index in [2.05, 4.69) is 20.2 Å². The van der Waals surface area contributed by atoms with Gasteiger partial charge in [-0.25, -0.2) is 14.8 Å². The average Bonchev–Trinajstić information content (AvgIpc) is 3.23. The topological polar surface area (TPSA) is 61.4 Å². The molecule has 142 valence electrons. The van der Waals surface area contributed by atoms with Gasteiger partial charge in [-0.15, -0.1) is 0 Å². The summed E-state index contributed by atoms with van der Waals surface area (Å²) < 4.78 is 0. The van der Waals surface area contributed by atoms with Crippen LogP contribution in [0.2, 0.25) is 0 Å². The van der Waals surface area contributed by atoms with Crippen molar-refractivity contribution in [2.45, 2.75) is 38.6 Å². The lowest BCUT2D eigenvalue weighted by atomic mass is 10.0. The van der Waals surface area contributed by atoms with Gasteiger partial charge in [0.25, 0.3) is 0 Å². The predicted octanol–water partition coefficient (Wildman–Crippen LogP) is 3.54. The molecule has 1 N–H and O–H groups in total. The first-order valence-corrected chi connectivity index (χ1v) is 9.89. The molecule has 0 radical (unpaired) electrons. The van der Waals surface area contributed by atoms with Gasteiger partial charge in [0.2, 0.25) is 0 Å². The van der Waals surface area contributed by atoms with E-state index in [9.17, 15) is 4.79 Å². The minimum absolute atomic E-state index is 0.00471. The zero-order chi connectivity index (χ0) is 18.6. The first-order chi connectivity index (χ1) is 13.2. The van der Waals surface area contributed by atoms with E-state index < -0.39 is 0 Å². The van der Waals surface area contributed by atoms with E-state index in [4.69, 9.17) is 0 Å². The number of aromatic nitrogens is 2. The van der Waals surface area contributed by atoms with Crippen LogP contribution < -0.4 is 5.32 Å². The Kier molecular flexibility index (Phi) is 5.34. The van der Waals surface area contributed by atoms with E-state index in [1.807, 2.05) is 42.2 Å². The molecule has 2 amide bonds. The van der Waals surface area contributed by atoms with Gasteiger partial charge < -0.3 is 10.2 Å². The van der Waals surface area contributed by atoms with Gasteiger partial charge in [-0.3, -0.25) is 4.90 Å². The number of nitrogens with zero attached hydrogens (tertiary/aromatic N) is 4. The quantitative estimate of drug-likeness (QED) is 0.904. The van der Waals surface area contributed by atoms with E-state index in [-0.39, 0.29) is 6.03 Å². The molecule has 3 heterocycles. The van der Waals surface area contributed by atoms with E-state index in [0.717, 1.165) is 42.3 Å². The smallest absolute Gasteiger partial charge is 0.321 e. The highest BCUT2D eigenvalue weighted by molar-refractivity contribution is 5.90. The summed E-state index contributed by atoms with van der Waals surface area (Å²) in [6.07, 6.45) is 6.62. The Bertz CT molecular complexity index is 803. The minimum atomic E-state index is -0.00471. The fourth-order valence-electron chi connectivity index (χ4n) is 4.12. The van der Waals surface area contributed by atoms with Crippen molar-refractivity contribution in [1.29, 1.82) is 0 Å². The third-order valence-corrected chi connectivity index (χ3v) is 5.53. The van der Waals surface area contributed by atoms with Gasteiger partial charge in [0.1, 0.15) is 5.82 Å². The highest BCUT2D eigenvalue weighted by Gasteiger charge is 2.29. The monoisotopic (exact) mass is 365 g/mol. The van der Waals surface area contributed by atoms with Gasteiger partial charge in [0.05, 0.1) is 5.69 Å². The first kappa shape index (κ1) is 17.9. The molecule has 6 nitrogen and oxygen atoms in total. The van der Waals surface area contributed by atoms with Crippen molar-refractivity contribution in [3.8, 4) is 11.3 Å². The van der Waals surface area contributed by atoms with Crippen LogP contribution in [-0.4, -0.2) is 58.0 Å². The zero-order valence-electron chi connectivity index (χ0n) is 15.9. The number of amides is 2. The molecule has 0 unspecified atom stereocenters. The van der Waals surface area contributed by atoms with Crippen molar-refractivity contribution in [2.75, 3.05) is 31.5 Å². The number of likely N-dealkylation sites (tertiary alicyclic amines) is 2. The summed E-state index contributed by atoms with van der Waals surface area (Å²) in [5.74, 6) is 0.739. The number of nitrogens with one attached hydrogen (secondary N) is 1. The lowest BCUT2D eigenvalue weighted by molar-refractivity contribution is 0.132. The number of hydrogen-bond donors (Lipinski definition) is 1. The number of benzene rings is 1. The Morgan fingerprint density at radius 1 is 1.15 bits per heavy atom. The van der Waals surface area contributed by atoms with Crippen LogP contribution in [0.15, 0.2) is 36.5 Å². The Morgan fingerprint density at radius 2 is 2.00 bits per heavy atom. The maximum atomic E-state index is 12.8. The average molecular weight is 365 g/mol. The number of aryl methyl sites for hydroxylation is 1. The molecule has 6 heteroatoms. The predicted molar refractivity (Wildman–Crippen MR) is 107 cm³/mol. The largest absolute Gasteiger partial charge is 0.323 e. The number of anilines is 1. The van der Waals surface area contributed by atoms with Crippen LogP contribution in [0.25, 0.3) is 11.3 Å². The second kappa shape index (κ2) is 8.05. The summed E-state index contributed by atoms with van der Waals surface area (Å²) in [7, 11) is 0. The van der Waals surface area contributed by atoms with E-state index in [1.165, 1.54) is 32.4 Å². The van der Waals surface area contributed by atoms with E-state index in [0.29, 0.717) is 6.04 Å². The summed E-state index contributed by atoms with van der Waals surface area (Å²) in [5.41, 5.74) is 2.65. The fourth-order valence-corrected chi connectivity index (χ4v) is 4.12. The molecule has 1 aromatic heterocycles. The van der Waals surface area contributed by atoms with Gasteiger partial charge in [-0.05, 0) is 63.9 Å². The summed E-state index contributed by atoms with van der Waals surface area (Å²) in [6, 6.07) is 10.3. The number of urea groups is 1. The summed E-state index contributed by atoms with van der Waals surface area (Å²) >= 11 is 0. The van der Waals surface area contributed by atoms with Crippen molar-refractivity contribution >= 4 is 11.7 Å². The molecule has 1 aromatic carbocycles. The summed E-state index contributed by atoms with van der Waals surface area (Å²) in [6.45, 7) is 5.90. The Hall–Kier alpha value is -2.47. The Morgan fingerprint density at radius 3 is 2.81 bits per heavy atom. The molecule has 0 spiro atoms. The SMILES string of the molecule is Cc1nccc(-c2cccc(NC(=O)N3CCC[C@H](N4CCCC4)C3)c2)n1. The van der Waals surface area contributed by atoms with Gasteiger partial charge in [-0.2, -0.15) is 0 Å². The fraction of sp³-hybridized carbons (Fsp3) is 0.476. The molecule has 2 aromatic rings. The number of carbonyl (C=O) groups is 1. The van der Waals surface area contributed by atoms with Crippen LogP contribution in [0, 0.1) is 6.92 Å². The Labute approximate surface area is 160 Å². The third kappa shape index (κ3) is 4.27. The van der Waals surface area contributed by atoms with Crippen LogP contribution >= 0.6 is 0 Å². The molecule has 2 aliphatic rings. The minimum Gasteiger partial charge on any atom is -0.323 e. The lowest BCUT2D eigenvalue weighted by Crippen LogP contribution is -2.50. The molecule has 2 fully saturated rings. The van der Waals surface area contributed by atoms with Crippen molar-refractivity contribution in [3.63, 3.8) is 0 Å². The van der Waals surface area contributed by atoms with Crippen molar-refractivity contribution < 1.29 is 4.79 Å². The molecule has 27 heavy (non-hydrogen) atoms. The summed E-state index contributed by atoms with van der Waals surface area (Å²) in [4.78, 5) is 25.9. The van der Waals surface area contributed by atoms with Crippen molar-refractivity contribution in [1.82, 2.24) is 19.8 Å². The van der Waals surface area contributed by atoms with E-state index in [1.54, 1.807) is 6.20 Å². The molecule has 0 bridgehead atoms. The van der Waals surface area contributed by atoms with Crippen LogP contribution in [-0.2, 0) is 0 Å². The van der Waals surface area contributed by atoms with E-state index >= 15 is 0 Å². The van der Waals surface area contributed by atoms with Gasteiger partial charge in [-0.1, -0.05) is 12.1 Å². The van der Waals surface area contributed by atoms with Crippen LogP contribution in [0.1, 0.15) is 31.5 Å². The standard InChI is InChI=1S/C21H27N5O/c1-16-22-10-9-20(23-16)17-6-4-7-18(14-17)24-21(27)26-13-5-8-19(15-26)25-11-2-3-12-25/h4,6-7,9-10,14,19H,2-3,5,8,11-13,15H2,1H3,(H,24,27)/t19-/m0/s1. The van der Waals surface area contributed by atoms with Gasteiger partial charge >= 0.3 is 6.03 Å². The summed E-state index contributed by atoms with van der Waals surface area (Å²) in [5, 5.41) is 3.07.